The van der Waals surface area contributed by atoms with Crippen LogP contribution in [0.1, 0.15) is 71.1 Å². The fourth-order valence-electron chi connectivity index (χ4n) is 1.84. The molecule has 0 aromatic heterocycles. The molecule has 0 spiro atoms. The van der Waals surface area contributed by atoms with Crippen LogP contribution in [0.3, 0.4) is 0 Å². The molecule has 0 aromatic rings. The monoisotopic (exact) mass is 330 g/mol. The highest BCUT2D eigenvalue weighted by molar-refractivity contribution is 7.92. The molecule has 6 nitrogen and oxygen atoms in total. The first-order chi connectivity index (χ1) is 9.48. The maximum Gasteiger partial charge on any atom is 0.414 e. The Hall–Kier alpha value is -0.0200. The van der Waals surface area contributed by atoms with Crippen molar-refractivity contribution in [3.05, 3.63) is 0 Å². The van der Waals surface area contributed by atoms with Crippen LogP contribution in [0.4, 0.5) is 0 Å². The smallest absolute Gasteiger partial charge is 0.283 e. The van der Waals surface area contributed by atoms with Crippen LogP contribution in [0.25, 0.3) is 0 Å². The van der Waals surface area contributed by atoms with E-state index in [0.29, 0.717) is 6.42 Å². The van der Waals surface area contributed by atoms with Crippen LogP contribution in [-0.2, 0) is 29.6 Å². The first kappa shape index (κ1) is 20.0. The van der Waals surface area contributed by atoms with E-state index in [-0.39, 0.29) is 6.61 Å². The first-order valence-electron chi connectivity index (χ1n) is 7.18. The highest BCUT2D eigenvalue weighted by Crippen LogP contribution is 2.11. The summed E-state index contributed by atoms with van der Waals surface area (Å²) in [5.41, 5.74) is 0. The second-order valence-corrected chi connectivity index (χ2v) is 6.73. The zero-order valence-electron chi connectivity index (χ0n) is 12.1. The van der Waals surface area contributed by atoms with Gasteiger partial charge in [0.1, 0.15) is 0 Å². The maximum atomic E-state index is 10.9. The molecule has 122 valence electrons. The molecule has 0 saturated carbocycles. The summed E-state index contributed by atoms with van der Waals surface area (Å²) in [6.45, 7) is 2.18. The normalized spacial score (nSPS) is 13.5. The zero-order chi connectivity index (χ0) is 15.3. The Morgan fingerprint density at radius 2 is 1.35 bits per heavy atom. The third kappa shape index (κ3) is 14.4. The molecule has 1 atom stereocenters. The van der Waals surface area contributed by atoms with E-state index in [2.05, 4.69) is 14.7 Å². The van der Waals surface area contributed by atoms with Gasteiger partial charge in [-0.3, -0.25) is 4.55 Å². The minimum absolute atomic E-state index is 0.0178. The summed E-state index contributed by atoms with van der Waals surface area (Å²) in [6.07, 6.45) is 11.3. The van der Waals surface area contributed by atoms with Gasteiger partial charge in [-0.1, -0.05) is 64.7 Å². The van der Waals surface area contributed by atoms with Gasteiger partial charge in [-0.15, -0.1) is 3.63 Å². The Kier molecular flexibility index (Phi) is 12.7. The molecule has 0 rings (SSSR count). The van der Waals surface area contributed by atoms with Crippen molar-refractivity contribution in [2.75, 3.05) is 6.61 Å². The van der Waals surface area contributed by atoms with Crippen LogP contribution in [0.2, 0.25) is 0 Å². The van der Waals surface area contributed by atoms with Crippen LogP contribution >= 0.6 is 0 Å². The molecule has 0 fully saturated rings. The minimum atomic E-state index is -4.34. The lowest BCUT2D eigenvalue weighted by molar-refractivity contribution is 0.265. The molecular weight excluding hydrogens is 304 g/mol. The molecule has 20 heavy (non-hydrogen) atoms. The number of hydrogen-bond acceptors (Lipinski definition) is 5. The van der Waals surface area contributed by atoms with Crippen LogP contribution in [0.15, 0.2) is 0 Å². The van der Waals surface area contributed by atoms with Gasteiger partial charge in [-0.25, -0.2) is 4.18 Å². The Morgan fingerprint density at radius 3 is 1.80 bits per heavy atom. The molecule has 0 aliphatic carbocycles. The lowest BCUT2D eigenvalue weighted by Crippen LogP contribution is -2.12. The summed E-state index contributed by atoms with van der Waals surface area (Å²) >= 11 is -2.86. The number of unbranched alkanes of at least 4 members (excludes halogenated alkanes) is 9. The van der Waals surface area contributed by atoms with Crippen molar-refractivity contribution in [3.63, 3.8) is 0 Å². The van der Waals surface area contributed by atoms with Crippen LogP contribution < -0.4 is 0 Å². The quantitative estimate of drug-likeness (QED) is 0.388. The van der Waals surface area contributed by atoms with Crippen molar-refractivity contribution in [3.8, 4) is 0 Å². The van der Waals surface area contributed by atoms with Gasteiger partial charge in [-0.05, 0) is 6.42 Å². The van der Waals surface area contributed by atoms with E-state index in [9.17, 15) is 12.6 Å². The van der Waals surface area contributed by atoms with E-state index < -0.39 is 21.8 Å². The predicted molar refractivity (Wildman–Crippen MR) is 78.6 cm³/mol. The van der Waals surface area contributed by atoms with Gasteiger partial charge in [-0.2, -0.15) is 12.6 Å². The van der Waals surface area contributed by atoms with E-state index in [1.165, 1.54) is 38.5 Å². The third-order valence-corrected chi connectivity index (χ3v) is 4.45. The SMILES string of the molecule is CCCCCCCCCCCCOS(=O)(=O)OS(=O)O. The van der Waals surface area contributed by atoms with Gasteiger partial charge in [0.25, 0.3) is 0 Å². The van der Waals surface area contributed by atoms with E-state index in [1.807, 2.05) is 0 Å². The average Bonchev–Trinajstić information content (AvgIpc) is 2.34. The van der Waals surface area contributed by atoms with E-state index in [1.54, 1.807) is 0 Å². The van der Waals surface area contributed by atoms with Crippen LogP contribution in [0.5, 0.6) is 0 Å². The largest absolute Gasteiger partial charge is 0.414 e. The van der Waals surface area contributed by atoms with Crippen molar-refractivity contribution >= 4 is 21.8 Å². The summed E-state index contributed by atoms with van der Waals surface area (Å²) in [5.74, 6) is 0. The molecule has 0 heterocycles. The fourth-order valence-corrected chi connectivity index (χ4v) is 2.89. The summed E-state index contributed by atoms with van der Waals surface area (Å²) < 4.78 is 48.3. The first-order valence-corrected chi connectivity index (χ1v) is 9.54. The summed E-state index contributed by atoms with van der Waals surface area (Å²) in [6, 6.07) is 0. The van der Waals surface area contributed by atoms with E-state index >= 15 is 0 Å². The third-order valence-electron chi connectivity index (χ3n) is 2.87. The fraction of sp³-hybridized carbons (Fsp3) is 1.00. The van der Waals surface area contributed by atoms with E-state index in [4.69, 9.17) is 4.55 Å². The molecule has 0 saturated heterocycles. The van der Waals surface area contributed by atoms with Crippen molar-refractivity contribution in [1.29, 1.82) is 0 Å². The van der Waals surface area contributed by atoms with Crippen LogP contribution in [0, 0.1) is 0 Å². The molecule has 1 N–H and O–H groups in total. The minimum Gasteiger partial charge on any atom is -0.283 e. The number of hydrogen-bond donors (Lipinski definition) is 1. The highest BCUT2D eigenvalue weighted by Gasteiger charge is 2.15. The lowest BCUT2D eigenvalue weighted by Gasteiger charge is -2.03. The molecule has 1 unspecified atom stereocenters. The predicted octanol–water partition coefficient (Wildman–Crippen LogP) is 3.32. The molecule has 0 amide bonds. The molecule has 0 bridgehead atoms. The highest BCUT2D eigenvalue weighted by atomic mass is 32.3. The van der Waals surface area contributed by atoms with Crippen molar-refractivity contribution in [2.24, 2.45) is 0 Å². The number of rotatable bonds is 14. The van der Waals surface area contributed by atoms with Gasteiger partial charge in [0, 0.05) is 0 Å². The molecular formula is C12H26O6S2. The standard InChI is InChI=1S/C12H26O6S2/c1-2-3-4-5-6-7-8-9-10-11-12-17-20(15,16)18-19(13)14/h2-12H2,1H3,(H,13,14). The maximum absolute atomic E-state index is 10.9. The second kappa shape index (κ2) is 12.7. The summed E-state index contributed by atoms with van der Waals surface area (Å²) in [4.78, 5) is 0. The Bertz CT molecular complexity index is 342. The van der Waals surface area contributed by atoms with Crippen LogP contribution in [-0.4, -0.2) is 23.8 Å². The van der Waals surface area contributed by atoms with Gasteiger partial charge in [0.05, 0.1) is 6.61 Å². The molecule has 0 aromatic carbocycles. The van der Waals surface area contributed by atoms with Gasteiger partial charge >= 0.3 is 21.8 Å². The van der Waals surface area contributed by atoms with Crippen molar-refractivity contribution in [1.82, 2.24) is 0 Å². The van der Waals surface area contributed by atoms with Crippen molar-refractivity contribution < 1.29 is 25.0 Å². The second-order valence-electron chi connectivity index (χ2n) is 4.70. The Balaban J connectivity index is 3.30. The van der Waals surface area contributed by atoms with Gasteiger partial charge in [0.2, 0.25) is 0 Å². The van der Waals surface area contributed by atoms with Gasteiger partial charge in [0.15, 0.2) is 0 Å². The Labute approximate surface area is 125 Å². The Morgan fingerprint density at radius 1 is 0.900 bits per heavy atom. The summed E-state index contributed by atoms with van der Waals surface area (Å²) in [5, 5.41) is 0. The molecule has 0 aliphatic rings. The molecule has 8 heteroatoms. The summed E-state index contributed by atoms with van der Waals surface area (Å²) in [7, 11) is -4.34. The molecule has 0 aliphatic heterocycles. The average molecular weight is 330 g/mol. The van der Waals surface area contributed by atoms with Crippen molar-refractivity contribution in [2.45, 2.75) is 71.1 Å². The lowest BCUT2D eigenvalue weighted by atomic mass is 10.1. The zero-order valence-corrected chi connectivity index (χ0v) is 13.7. The topological polar surface area (TPSA) is 89.9 Å². The van der Waals surface area contributed by atoms with Gasteiger partial charge < -0.3 is 0 Å². The van der Waals surface area contributed by atoms with E-state index in [0.717, 1.165) is 19.3 Å². The molecule has 0 radical (unpaired) electrons.